The quantitative estimate of drug-likeness (QED) is 0.730. The van der Waals surface area contributed by atoms with Gasteiger partial charge >= 0.3 is 0 Å². The van der Waals surface area contributed by atoms with Crippen molar-refractivity contribution in [2.45, 2.75) is 25.9 Å². The third-order valence-corrected chi connectivity index (χ3v) is 6.71. The summed E-state index contributed by atoms with van der Waals surface area (Å²) in [5.41, 5.74) is 0.560. The summed E-state index contributed by atoms with van der Waals surface area (Å²) in [6.45, 7) is 2.15. The molecule has 0 aliphatic carbocycles. The Labute approximate surface area is 168 Å². The molecule has 1 atom stereocenters. The minimum Gasteiger partial charge on any atom is -0.298 e. The van der Waals surface area contributed by atoms with Crippen LogP contribution in [0.5, 0.6) is 0 Å². The third kappa shape index (κ3) is 3.33. The van der Waals surface area contributed by atoms with E-state index in [1.165, 1.54) is 0 Å². The molecule has 0 radical (unpaired) electrons. The highest BCUT2D eigenvalue weighted by atomic mass is 79.9. The molecular weight excluding hydrogens is 432 g/mol. The van der Waals surface area contributed by atoms with Crippen molar-refractivity contribution in [3.63, 3.8) is 0 Å². The van der Waals surface area contributed by atoms with Gasteiger partial charge in [-0.2, -0.15) is 0 Å². The van der Waals surface area contributed by atoms with Crippen molar-refractivity contribution in [2.24, 2.45) is 10.1 Å². The molecule has 8 heteroatoms. The first-order chi connectivity index (χ1) is 12.7. The number of halogens is 1. The number of rotatable bonds is 4. The molecule has 0 bridgehead atoms. The number of amidine groups is 1. The number of amides is 1. The summed E-state index contributed by atoms with van der Waals surface area (Å²) in [4.78, 5) is 18.8. The van der Waals surface area contributed by atoms with Crippen LogP contribution in [0.2, 0.25) is 0 Å². The van der Waals surface area contributed by atoms with Crippen LogP contribution in [0.15, 0.2) is 50.3 Å². The van der Waals surface area contributed by atoms with E-state index in [1.54, 1.807) is 28.1 Å². The minimum absolute atomic E-state index is 0.123. The summed E-state index contributed by atoms with van der Waals surface area (Å²) < 4.78 is 1.03. The topological polar surface area (TPSA) is 57.1 Å². The molecule has 1 N–H and O–H groups in total. The Hall–Kier alpha value is -1.64. The molecule has 0 saturated carbocycles. The van der Waals surface area contributed by atoms with Gasteiger partial charge in [-0.1, -0.05) is 43.3 Å². The molecule has 1 aromatic carbocycles. The SMILES string of the molecule is CCCCSC1=NN2C(=c3ccccc3=NC2c2ccc(Br)s2)C(=O)N1. The number of thiophene rings is 1. The van der Waals surface area contributed by atoms with E-state index in [1.807, 2.05) is 36.4 Å². The van der Waals surface area contributed by atoms with Crippen LogP contribution in [0.3, 0.4) is 0 Å². The molecule has 0 fully saturated rings. The summed E-state index contributed by atoms with van der Waals surface area (Å²) in [5, 5.41) is 11.7. The predicted octanol–water partition coefficient (Wildman–Crippen LogP) is 3.19. The van der Waals surface area contributed by atoms with E-state index in [4.69, 9.17) is 10.1 Å². The molecule has 2 aliphatic heterocycles. The van der Waals surface area contributed by atoms with E-state index in [9.17, 15) is 4.79 Å². The van der Waals surface area contributed by atoms with Gasteiger partial charge in [-0.25, -0.2) is 5.01 Å². The van der Waals surface area contributed by atoms with E-state index in [0.717, 1.165) is 37.8 Å². The van der Waals surface area contributed by atoms with Gasteiger partial charge in [0.25, 0.3) is 5.91 Å². The normalized spacial score (nSPS) is 18.6. The summed E-state index contributed by atoms with van der Waals surface area (Å²) in [6.07, 6.45) is 1.87. The van der Waals surface area contributed by atoms with Crippen molar-refractivity contribution >= 4 is 55.8 Å². The Morgan fingerprint density at radius 2 is 2.15 bits per heavy atom. The monoisotopic (exact) mass is 448 g/mol. The van der Waals surface area contributed by atoms with Gasteiger partial charge < -0.3 is 0 Å². The Morgan fingerprint density at radius 3 is 2.92 bits per heavy atom. The third-order valence-electron chi connectivity index (χ3n) is 4.10. The lowest BCUT2D eigenvalue weighted by molar-refractivity contribution is -0.116. The molecular formula is C18H17BrN4OS2. The van der Waals surface area contributed by atoms with Crippen molar-refractivity contribution < 1.29 is 4.79 Å². The zero-order valence-electron chi connectivity index (χ0n) is 14.1. The number of para-hydroxylation sites is 1. The molecule has 2 aromatic rings. The maximum atomic E-state index is 12.9. The van der Waals surface area contributed by atoms with Crippen LogP contribution in [0.25, 0.3) is 5.70 Å². The average Bonchev–Trinajstić information content (AvgIpc) is 3.07. The van der Waals surface area contributed by atoms with Gasteiger partial charge in [0.1, 0.15) is 5.70 Å². The summed E-state index contributed by atoms with van der Waals surface area (Å²) in [6, 6.07) is 11.8. The number of unbranched alkanes of at least 4 members (excludes halogenated alkanes) is 1. The number of carbonyl (C=O) groups excluding carboxylic acids is 1. The maximum absolute atomic E-state index is 12.9. The number of carbonyl (C=O) groups is 1. The van der Waals surface area contributed by atoms with Crippen molar-refractivity contribution in [1.82, 2.24) is 10.3 Å². The molecule has 0 spiro atoms. The number of benzene rings is 1. The molecule has 1 aromatic heterocycles. The number of thioether (sulfide) groups is 1. The summed E-state index contributed by atoms with van der Waals surface area (Å²) in [5.74, 6) is 0.809. The molecule has 5 nitrogen and oxygen atoms in total. The number of nitrogens with zero attached hydrogens (tertiary/aromatic N) is 3. The number of hydrazone groups is 1. The van der Waals surface area contributed by atoms with Crippen LogP contribution >= 0.6 is 39.0 Å². The second-order valence-electron chi connectivity index (χ2n) is 5.92. The molecule has 1 amide bonds. The number of hydrogen-bond donors (Lipinski definition) is 1. The van der Waals surface area contributed by atoms with Crippen LogP contribution in [0, 0.1) is 0 Å². The highest BCUT2D eigenvalue weighted by Gasteiger charge is 2.34. The van der Waals surface area contributed by atoms with Crippen LogP contribution in [-0.4, -0.2) is 21.8 Å². The van der Waals surface area contributed by atoms with Gasteiger partial charge in [-0.3, -0.25) is 15.1 Å². The molecule has 1 unspecified atom stereocenters. The number of fused-ring (bicyclic) bond motifs is 2. The Bertz CT molecular complexity index is 1000. The maximum Gasteiger partial charge on any atom is 0.276 e. The van der Waals surface area contributed by atoms with Crippen molar-refractivity contribution in [3.05, 3.63) is 55.6 Å². The van der Waals surface area contributed by atoms with Gasteiger partial charge in [0, 0.05) is 11.0 Å². The molecule has 0 saturated heterocycles. The Kier molecular flexibility index (Phi) is 5.15. The van der Waals surface area contributed by atoms with Crippen LogP contribution in [0.4, 0.5) is 0 Å². The molecule has 3 heterocycles. The fraction of sp³-hybridized carbons (Fsp3) is 0.278. The number of nitrogens with one attached hydrogen (secondary N) is 1. The van der Waals surface area contributed by atoms with Crippen molar-refractivity contribution in [2.75, 3.05) is 5.75 Å². The van der Waals surface area contributed by atoms with Gasteiger partial charge in [0.05, 0.1) is 14.0 Å². The lowest BCUT2D eigenvalue weighted by Crippen LogP contribution is -2.50. The van der Waals surface area contributed by atoms with Crippen molar-refractivity contribution in [3.8, 4) is 0 Å². The smallest absolute Gasteiger partial charge is 0.276 e. The lowest BCUT2D eigenvalue weighted by Gasteiger charge is -2.33. The standard InChI is InChI=1S/C18H17BrN4OS2/c1-2-3-10-25-18-21-17(24)15-11-6-4-5-7-12(11)20-16(23(15)22-18)13-8-9-14(19)26-13/h4-9,16H,2-3,10H2,1H3,(H,21,22,24). The second-order valence-corrected chi connectivity index (χ2v) is 9.49. The van der Waals surface area contributed by atoms with Gasteiger partial charge in [-0.05, 0) is 40.5 Å². The first-order valence-electron chi connectivity index (χ1n) is 8.42. The van der Waals surface area contributed by atoms with E-state index in [0.29, 0.717) is 10.9 Å². The largest absolute Gasteiger partial charge is 0.298 e. The lowest BCUT2D eigenvalue weighted by atomic mass is 10.1. The first-order valence-corrected chi connectivity index (χ1v) is 11.0. The van der Waals surface area contributed by atoms with E-state index >= 15 is 0 Å². The molecule has 26 heavy (non-hydrogen) atoms. The molecule has 2 aliphatic rings. The summed E-state index contributed by atoms with van der Waals surface area (Å²) in [7, 11) is 0. The predicted molar refractivity (Wildman–Crippen MR) is 110 cm³/mol. The fourth-order valence-electron chi connectivity index (χ4n) is 2.86. The minimum atomic E-state index is -0.330. The van der Waals surface area contributed by atoms with E-state index in [2.05, 4.69) is 28.2 Å². The van der Waals surface area contributed by atoms with Crippen LogP contribution in [0.1, 0.15) is 30.8 Å². The summed E-state index contributed by atoms with van der Waals surface area (Å²) >= 11 is 6.71. The number of hydrogen-bond acceptors (Lipinski definition) is 6. The molecule has 4 rings (SSSR count). The van der Waals surface area contributed by atoms with Gasteiger partial charge in [0.15, 0.2) is 11.3 Å². The van der Waals surface area contributed by atoms with Crippen LogP contribution in [-0.2, 0) is 4.79 Å². The highest BCUT2D eigenvalue weighted by Crippen LogP contribution is 2.35. The molecule has 134 valence electrons. The Morgan fingerprint density at radius 1 is 1.31 bits per heavy atom. The second kappa shape index (κ2) is 7.54. The van der Waals surface area contributed by atoms with Crippen molar-refractivity contribution in [1.29, 1.82) is 0 Å². The fourth-order valence-corrected chi connectivity index (χ4v) is 5.24. The average molecular weight is 449 g/mol. The van der Waals surface area contributed by atoms with Crippen LogP contribution < -0.4 is 15.9 Å². The van der Waals surface area contributed by atoms with E-state index < -0.39 is 0 Å². The highest BCUT2D eigenvalue weighted by molar-refractivity contribution is 9.11. The zero-order valence-corrected chi connectivity index (χ0v) is 17.3. The zero-order chi connectivity index (χ0) is 18.1. The van der Waals surface area contributed by atoms with E-state index in [-0.39, 0.29) is 12.1 Å². The first kappa shape index (κ1) is 17.8. The van der Waals surface area contributed by atoms with Gasteiger partial charge in [0.2, 0.25) is 0 Å². The Balaban J connectivity index is 1.83. The van der Waals surface area contributed by atoms with Gasteiger partial charge in [-0.15, -0.1) is 16.4 Å².